The third-order valence-electron chi connectivity index (χ3n) is 4.38. The second-order valence-corrected chi connectivity index (χ2v) is 7.98. The van der Waals surface area contributed by atoms with Crippen LogP contribution in [0.5, 0.6) is 0 Å². The van der Waals surface area contributed by atoms with Gasteiger partial charge in [-0.2, -0.15) is 65.9 Å². The van der Waals surface area contributed by atoms with E-state index in [1.165, 1.54) is 0 Å². The van der Waals surface area contributed by atoms with Crippen LogP contribution in [-0.4, -0.2) is 108 Å². The van der Waals surface area contributed by atoms with Gasteiger partial charge in [-0.15, -0.1) is 0 Å². The highest BCUT2D eigenvalue weighted by Gasteiger charge is 2.94. The molecule has 0 bridgehead atoms. The highest BCUT2D eigenvalue weighted by molar-refractivity contribution is 5.84. The lowest BCUT2D eigenvalue weighted by atomic mass is 9.91. The van der Waals surface area contributed by atoms with Crippen molar-refractivity contribution in [1.82, 2.24) is 5.32 Å². The first kappa shape index (κ1) is 33.8. The summed E-state index contributed by atoms with van der Waals surface area (Å²) < 4.78 is 196. The number of carbonyl (C=O) groups is 2. The molecule has 21 heteroatoms. The quantitative estimate of drug-likeness (QED) is 0.248. The third kappa shape index (κ3) is 5.70. The number of alkyl halides is 15. The molecule has 0 aliphatic heterocycles. The number of carbonyl (C=O) groups excluding carboxylic acids is 1. The van der Waals surface area contributed by atoms with Gasteiger partial charge in [0, 0.05) is 6.54 Å². The Morgan fingerprint density at radius 3 is 1.44 bits per heavy atom. The lowest BCUT2D eigenvalue weighted by Gasteiger charge is -2.41. The van der Waals surface area contributed by atoms with E-state index in [1.807, 2.05) is 0 Å². The lowest BCUT2D eigenvalue weighted by Crippen LogP contribution is -2.74. The van der Waals surface area contributed by atoms with Crippen molar-refractivity contribution in [2.75, 3.05) is 33.7 Å². The van der Waals surface area contributed by atoms with E-state index < -0.39 is 83.8 Å². The second kappa shape index (κ2) is 9.60. The van der Waals surface area contributed by atoms with Gasteiger partial charge in [-0.25, -0.2) is 4.79 Å². The summed E-state index contributed by atoms with van der Waals surface area (Å²) in [4.78, 5) is 21.9. The van der Waals surface area contributed by atoms with Crippen molar-refractivity contribution in [1.29, 1.82) is 0 Å². The summed E-state index contributed by atoms with van der Waals surface area (Å²) in [6.07, 6.45) is -9.83. The van der Waals surface area contributed by atoms with E-state index >= 15 is 0 Å². The molecule has 0 heterocycles. The number of hydrogen-bond acceptors (Lipinski definition) is 3. The van der Waals surface area contributed by atoms with Crippen molar-refractivity contribution in [3.8, 4) is 0 Å². The summed E-state index contributed by atoms with van der Waals surface area (Å²) in [5.74, 6) is -53.8. The summed E-state index contributed by atoms with van der Waals surface area (Å²) in [5.41, 5.74) is 0. The molecule has 0 saturated carbocycles. The van der Waals surface area contributed by atoms with Crippen molar-refractivity contribution < 1.29 is 90.1 Å². The number of hydrogen-bond donors (Lipinski definition) is 3. The zero-order chi connectivity index (χ0) is 29.6. The minimum atomic E-state index is -8.52. The van der Waals surface area contributed by atoms with Crippen molar-refractivity contribution in [3.63, 3.8) is 0 Å². The fraction of sp³-hybridized carbons (Fsp3) is 0.867. The number of aliphatic carboxylic acids is 1. The van der Waals surface area contributed by atoms with E-state index in [0.29, 0.717) is 5.32 Å². The van der Waals surface area contributed by atoms with Crippen LogP contribution in [0, 0.1) is 0 Å². The zero-order valence-corrected chi connectivity index (χ0v) is 17.5. The fourth-order valence-electron chi connectivity index (χ4n) is 2.50. The SMILES string of the molecule is C[N+](C)(CC(=O)O)CC(O)CNC(=O)C(F)(F)C(F)(F)C(F)(F)C(F)(F)C(F)(F)C(F)(F)C(F)(F)F. The molecule has 0 fully saturated rings. The maximum absolute atomic E-state index is 13.7. The number of rotatable bonds is 12. The monoisotopic (exact) mass is 573 g/mol. The highest BCUT2D eigenvalue weighted by atomic mass is 19.4. The predicted molar refractivity (Wildman–Crippen MR) is 84.2 cm³/mol. The van der Waals surface area contributed by atoms with Gasteiger partial charge in [-0.05, 0) is 0 Å². The number of amides is 1. The standard InChI is InChI=1S/C15H15F15N2O4/c1-32(2,5-7(34)35)4-6(33)3-31-8(36)9(16,17)10(18,19)11(20,21)12(22,23)13(24,25)14(26,27)15(28,29)30/h6,33H,3-5H2,1-2H3,(H-,31,34,35,36)/p+1. The van der Waals surface area contributed by atoms with Crippen LogP contribution in [-0.2, 0) is 9.59 Å². The summed E-state index contributed by atoms with van der Waals surface area (Å²) in [6.45, 7) is -3.07. The molecular formula is C15H16F15N2O4+. The largest absolute Gasteiger partial charge is 0.477 e. The topological polar surface area (TPSA) is 86.6 Å². The Morgan fingerprint density at radius 2 is 1.08 bits per heavy atom. The van der Waals surface area contributed by atoms with Crippen LogP contribution in [0.25, 0.3) is 0 Å². The molecule has 0 aliphatic carbocycles. The minimum absolute atomic E-state index is 0.651. The van der Waals surface area contributed by atoms with E-state index in [0.717, 1.165) is 14.1 Å². The van der Waals surface area contributed by atoms with Gasteiger partial charge < -0.3 is 20.0 Å². The van der Waals surface area contributed by atoms with Gasteiger partial charge in [0.2, 0.25) is 0 Å². The maximum atomic E-state index is 13.7. The Hall–Kier alpha value is -2.19. The molecule has 0 radical (unpaired) electrons. The Balaban J connectivity index is 6.03. The van der Waals surface area contributed by atoms with Crippen molar-refractivity contribution >= 4 is 11.9 Å². The van der Waals surface area contributed by atoms with Crippen LogP contribution in [0.1, 0.15) is 0 Å². The number of aliphatic hydroxyl groups excluding tert-OH is 1. The van der Waals surface area contributed by atoms with Gasteiger partial charge in [-0.1, -0.05) is 0 Å². The van der Waals surface area contributed by atoms with Gasteiger partial charge in [0.1, 0.15) is 12.6 Å². The van der Waals surface area contributed by atoms with Crippen LogP contribution < -0.4 is 5.32 Å². The molecule has 1 atom stereocenters. The van der Waals surface area contributed by atoms with Gasteiger partial charge in [0.05, 0.1) is 14.1 Å². The van der Waals surface area contributed by atoms with Gasteiger partial charge in [-0.3, -0.25) is 4.79 Å². The normalized spacial score (nSPS) is 16.1. The number of nitrogens with one attached hydrogen (secondary N) is 1. The van der Waals surface area contributed by atoms with Crippen LogP contribution in [0.2, 0.25) is 0 Å². The molecule has 214 valence electrons. The maximum Gasteiger partial charge on any atom is 0.460 e. The Kier molecular flexibility index (Phi) is 9.02. The number of carboxylic acid groups (broad SMARTS) is 1. The van der Waals surface area contributed by atoms with Gasteiger partial charge in [0.15, 0.2) is 6.54 Å². The number of halogens is 15. The van der Waals surface area contributed by atoms with Crippen LogP contribution in [0.4, 0.5) is 65.9 Å². The average Bonchev–Trinajstić information content (AvgIpc) is 2.62. The van der Waals surface area contributed by atoms with Crippen molar-refractivity contribution in [3.05, 3.63) is 0 Å². The first-order chi connectivity index (χ1) is 15.4. The molecule has 1 amide bonds. The van der Waals surface area contributed by atoms with E-state index in [-0.39, 0.29) is 0 Å². The van der Waals surface area contributed by atoms with E-state index in [2.05, 4.69) is 0 Å². The Labute approximate surface area is 190 Å². The second-order valence-electron chi connectivity index (χ2n) is 7.98. The van der Waals surface area contributed by atoms with E-state index in [9.17, 15) is 80.6 Å². The van der Waals surface area contributed by atoms with E-state index in [4.69, 9.17) is 5.11 Å². The molecule has 0 aromatic heterocycles. The summed E-state index contributed by atoms with van der Waals surface area (Å²) >= 11 is 0. The number of likely N-dealkylation sites (N-methyl/N-ethyl adjacent to an activating group) is 1. The number of nitrogens with zero attached hydrogens (tertiary/aromatic N) is 1. The smallest absolute Gasteiger partial charge is 0.460 e. The van der Waals surface area contributed by atoms with Gasteiger partial charge >= 0.3 is 47.7 Å². The molecule has 36 heavy (non-hydrogen) atoms. The molecule has 0 aliphatic rings. The van der Waals surface area contributed by atoms with Crippen LogP contribution in [0.3, 0.4) is 0 Å². The van der Waals surface area contributed by atoms with Crippen molar-refractivity contribution in [2.24, 2.45) is 0 Å². The summed E-state index contributed by atoms with van der Waals surface area (Å²) in [5, 5.41) is 18.8. The predicted octanol–water partition coefficient (Wildman–Crippen LogP) is 3.00. The van der Waals surface area contributed by atoms with Crippen molar-refractivity contribution in [2.45, 2.75) is 47.8 Å². The van der Waals surface area contributed by atoms with E-state index in [1.54, 1.807) is 0 Å². The average molecular weight is 573 g/mol. The molecule has 0 aromatic rings. The lowest BCUT2D eigenvalue weighted by molar-refractivity contribution is -0.886. The Bertz CT molecular complexity index is 826. The number of aliphatic hydroxyl groups is 1. The zero-order valence-electron chi connectivity index (χ0n) is 17.5. The third-order valence-corrected chi connectivity index (χ3v) is 4.38. The number of quaternary nitrogens is 1. The van der Waals surface area contributed by atoms with Crippen LogP contribution in [0.15, 0.2) is 0 Å². The fourth-order valence-corrected chi connectivity index (χ4v) is 2.50. The molecule has 3 N–H and O–H groups in total. The number of carboxylic acids is 1. The molecule has 0 aromatic carbocycles. The van der Waals surface area contributed by atoms with Crippen LogP contribution >= 0.6 is 0 Å². The first-order valence-corrected chi connectivity index (χ1v) is 8.78. The molecule has 0 saturated heterocycles. The molecule has 1 unspecified atom stereocenters. The molecule has 0 rings (SSSR count). The first-order valence-electron chi connectivity index (χ1n) is 8.78. The summed E-state index contributed by atoms with van der Waals surface area (Å²) in [7, 11) is 2.20. The Morgan fingerprint density at radius 1 is 0.722 bits per heavy atom. The minimum Gasteiger partial charge on any atom is -0.477 e. The highest BCUT2D eigenvalue weighted by Crippen LogP contribution is 2.62. The summed E-state index contributed by atoms with van der Waals surface area (Å²) in [6, 6.07) is 0. The molecular weight excluding hydrogens is 557 g/mol. The molecule has 6 nitrogen and oxygen atoms in total. The molecule has 0 spiro atoms. The van der Waals surface area contributed by atoms with Gasteiger partial charge in [0.25, 0.3) is 5.91 Å².